The minimum absolute atomic E-state index is 0. The summed E-state index contributed by atoms with van der Waals surface area (Å²) in [6.45, 7) is 3.83. The summed E-state index contributed by atoms with van der Waals surface area (Å²) in [6.07, 6.45) is 18.5. The molecule has 0 spiro atoms. The van der Waals surface area contributed by atoms with Gasteiger partial charge < -0.3 is 9.64 Å². The Morgan fingerprint density at radius 1 is 0.962 bits per heavy atom. The summed E-state index contributed by atoms with van der Waals surface area (Å²) in [7, 11) is 4.38. The van der Waals surface area contributed by atoms with Crippen LogP contribution in [0.2, 0.25) is 0 Å². The number of carbonyl (C=O) groups is 1. The molecule has 0 amide bonds. The lowest BCUT2D eigenvalue weighted by atomic mass is 9.79. The fourth-order valence-electron chi connectivity index (χ4n) is 4.44. The van der Waals surface area contributed by atoms with Crippen molar-refractivity contribution in [1.29, 1.82) is 0 Å². The van der Waals surface area contributed by atoms with Gasteiger partial charge in [0.15, 0.2) is 0 Å². The average molecular weight is 435 g/mol. The van der Waals surface area contributed by atoms with Crippen molar-refractivity contribution in [3.05, 3.63) is 0 Å². The van der Waals surface area contributed by atoms with Crippen molar-refractivity contribution in [2.45, 2.75) is 116 Å². The van der Waals surface area contributed by atoms with Gasteiger partial charge in [0.2, 0.25) is 0 Å². The topological polar surface area (TPSA) is 29.5 Å². The van der Waals surface area contributed by atoms with Crippen molar-refractivity contribution in [3.8, 4) is 0 Å². The fraction of sp³-hybridized carbons (Fsp3) is 0.955. The van der Waals surface area contributed by atoms with Gasteiger partial charge in [-0.1, -0.05) is 71.1 Å². The number of esters is 1. The molecule has 1 fully saturated rings. The Labute approximate surface area is 173 Å². The molecule has 1 rings (SSSR count). The molecule has 26 heavy (non-hydrogen) atoms. The molecule has 0 radical (unpaired) electrons. The molecule has 0 aromatic rings. The normalized spacial score (nSPS) is 21.3. The molecular weight excluding hydrogens is 390 g/mol. The Kier molecular flexibility index (Phi) is 15.9. The quantitative estimate of drug-likeness (QED) is 0.244. The van der Waals surface area contributed by atoms with Gasteiger partial charge in [-0.05, 0) is 39.8 Å². The highest BCUT2D eigenvalue weighted by Gasteiger charge is 2.34. The fourth-order valence-corrected chi connectivity index (χ4v) is 4.44. The molecule has 1 aliphatic rings. The molecule has 0 saturated heterocycles. The Hall–Kier alpha value is -0.0900. The first-order chi connectivity index (χ1) is 12.1. The number of carbonyl (C=O) groups excluding carboxylic acids is 1. The maximum atomic E-state index is 11.4. The number of ether oxygens (including phenoxy) is 1. The van der Waals surface area contributed by atoms with Gasteiger partial charge in [0.25, 0.3) is 0 Å². The number of hydrogen-bond acceptors (Lipinski definition) is 3. The van der Waals surface area contributed by atoms with Crippen LogP contribution in [0, 0.1) is 5.92 Å². The molecule has 1 aliphatic carbocycles. The molecule has 3 nitrogen and oxygen atoms in total. The molecule has 3 unspecified atom stereocenters. The summed E-state index contributed by atoms with van der Waals surface area (Å²) in [5.41, 5.74) is 0. The van der Waals surface area contributed by atoms with E-state index in [4.69, 9.17) is 4.74 Å². The third kappa shape index (κ3) is 10.9. The van der Waals surface area contributed by atoms with E-state index in [0.29, 0.717) is 12.0 Å². The van der Waals surface area contributed by atoms with Gasteiger partial charge in [0, 0.05) is 18.9 Å². The highest BCUT2D eigenvalue weighted by molar-refractivity contribution is 8.93. The van der Waals surface area contributed by atoms with Crippen LogP contribution in [0.25, 0.3) is 0 Å². The van der Waals surface area contributed by atoms with E-state index in [2.05, 4.69) is 25.9 Å². The SMILES string of the molecule is Br.CCCCCCCCCCCC(C1CCCCC1OC(C)=O)N(C)C. The van der Waals surface area contributed by atoms with Gasteiger partial charge in [-0.2, -0.15) is 0 Å². The monoisotopic (exact) mass is 433 g/mol. The Morgan fingerprint density at radius 3 is 2.04 bits per heavy atom. The summed E-state index contributed by atoms with van der Waals surface area (Å²) >= 11 is 0. The van der Waals surface area contributed by atoms with E-state index in [1.165, 1.54) is 83.5 Å². The van der Waals surface area contributed by atoms with Crippen LogP contribution < -0.4 is 0 Å². The smallest absolute Gasteiger partial charge is 0.302 e. The third-order valence-electron chi connectivity index (χ3n) is 5.83. The molecule has 0 aromatic carbocycles. The van der Waals surface area contributed by atoms with Crippen LogP contribution in [-0.4, -0.2) is 37.1 Å². The molecule has 1 saturated carbocycles. The second kappa shape index (κ2) is 15.9. The van der Waals surface area contributed by atoms with Crippen LogP contribution in [0.15, 0.2) is 0 Å². The first-order valence-corrected chi connectivity index (χ1v) is 10.9. The van der Waals surface area contributed by atoms with E-state index in [-0.39, 0.29) is 29.1 Å². The molecule has 0 aliphatic heterocycles. The standard InChI is InChI=1S/C22H43NO2.BrH/c1-5-6-7-8-9-10-11-12-13-17-21(23(3)4)20-16-14-15-18-22(20)25-19(2)24;/h20-22H,5-18H2,1-4H3;1H. The van der Waals surface area contributed by atoms with Crippen LogP contribution in [-0.2, 0) is 9.53 Å². The van der Waals surface area contributed by atoms with Gasteiger partial charge in [0.05, 0.1) is 0 Å². The maximum absolute atomic E-state index is 11.4. The number of rotatable bonds is 13. The zero-order valence-corrected chi connectivity index (χ0v) is 19.5. The second-order valence-corrected chi connectivity index (χ2v) is 8.24. The molecule has 0 heterocycles. The van der Waals surface area contributed by atoms with Crippen molar-refractivity contribution in [2.24, 2.45) is 5.92 Å². The van der Waals surface area contributed by atoms with Crippen molar-refractivity contribution >= 4 is 23.0 Å². The summed E-state index contributed by atoms with van der Waals surface area (Å²) in [5, 5.41) is 0. The van der Waals surface area contributed by atoms with E-state index in [1.54, 1.807) is 6.92 Å². The predicted octanol–water partition coefficient (Wildman–Crippen LogP) is 6.54. The first-order valence-electron chi connectivity index (χ1n) is 10.9. The van der Waals surface area contributed by atoms with Crippen LogP contribution >= 0.6 is 17.0 Å². The Bertz CT molecular complexity index is 349. The predicted molar refractivity (Wildman–Crippen MR) is 117 cm³/mol. The van der Waals surface area contributed by atoms with E-state index in [1.807, 2.05) is 0 Å². The van der Waals surface area contributed by atoms with E-state index < -0.39 is 0 Å². The van der Waals surface area contributed by atoms with Crippen molar-refractivity contribution in [3.63, 3.8) is 0 Å². The van der Waals surface area contributed by atoms with Gasteiger partial charge in [-0.15, -0.1) is 17.0 Å². The number of nitrogens with zero attached hydrogens (tertiary/aromatic N) is 1. The molecule has 0 aromatic heterocycles. The van der Waals surface area contributed by atoms with Crippen LogP contribution in [0.5, 0.6) is 0 Å². The molecular formula is C22H44BrNO2. The van der Waals surface area contributed by atoms with Gasteiger partial charge in [-0.25, -0.2) is 0 Å². The van der Waals surface area contributed by atoms with Crippen LogP contribution in [0.4, 0.5) is 0 Å². The van der Waals surface area contributed by atoms with Crippen molar-refractivity contribution in [2.75, 3.05) is 14.1 Å². The van der Waals surface area contributed by atoms with Gasteiger partial charge >= 0.3 is 5.97 Å². The lowest BCUT2D eigenvalue weighted by molar-refractivity contribution is -0.152. The second-order valence-electron chi connectivity index (χ2n) is 8.24. The largest absolute Gasteiger partial charge is 0.462 e. The average Bonchev–Trinajstić information content (AvgIpc) is 2.57. The molecule has 0 bridgehead atoms. The molecule has 3 atom stereocenters. The van der Waals surface area contributed by atoms with Crippen LogP contribution in [0.1, 0.15) is 104 Å². The van der Waals surface area contributed by atoms with Crippen molar-refractivity contribution in [1.82, 2.24) is 4.90 Å². The lowest BCUT2D eigenvalue weighted by Crippen LogP contribution is -2.44. The van der Waals surface area contributed by atoms with E-state index in [0.717, 1.165) is 6.42 Å². The summed E-state index contributed by atoms with van der Waals surface area (Å²) in [4.78, 5) is 13.8. The molecule has 0 N–H and O–H groups in total. The van der Waals surface area contributed by atoms with E-state index >= 15 is 0 Å². The van der Waals surface area contributed by atoms with Gasteiger partial charge in [0.1, 0.15) is 6.10 Å². The number of hydrogen-bond donors (Lipinski definition) is 0. The number of halogens is 1. The molecule has 4 heteroatoms. The highest BCUT2D eigenvalue weighted by atomic mass is 79.9. The minimum Gasteiger partial charge on any atom is -0.462 e. The highest BCUT2D eigenvalue weighted by Crippen LogP contribution is 2.33. The molecule has 156 valence electrons. The van der Waals surface area contributed by atoms with E-state index in [9.17, 15) is 4.79 Å². The third-order valence-corrected chi connectivity index (χ3v) is 5.83. The summed E-state index contributed by atoms with van der Waals surface area (Å²) in [5.74, 6) is 0.402. The summed E-state index contributed by atoms with van der Waals surface area (Å²) < 4.78 is 5.66. The lowest BCUT2D eigenvalue weighted by Gasteiger charge is -2.39. The minimum atomic E-state index is -0.113. The van der Waals surface area contributed by atoms with Gasteiger partial charge in [-0.3, -0.25) is 4.79 Å². The van der Waals surface area contributed by atoms with Crippen molar-refractivity contribution < 1.29 is 9.53 Å². The summed E-state index contributed by atoms with van der Waals surface area (Å²) in [6, 6.07) is 0.550. The zero-order valence-electron chi connectivity index (χ0n) is 17.8. The first kappa shape index (κ1) is 25.9. The Balaban J connectivity index is 0.00000625. The number of unbranched alkanes of at least 4 members (excludes halogenated alkanes) is 8. The maximum Gasteiger partial charge on any atom is 0.302 e. The Morgan fingerprint density at radius 2 is 1.50 bits per heavy atom. The van der Waals surface area contributed by atoms with Crippen LogP contribution in [0.3, 0.4) is 0 Å². The zero-order chi connectivity index (χ0) is 18.5.